The zero-order valence-corrected chi connectivity index (χ0v) is 37.4. The molecule has 2 N–H and O–H groups in total. The SMILES string of the molecule is Cc1c(Nc2nc3ccccc3s2)nnc2c1CCCN2c1ccc(-c2cnn(CC34CC5(OCCN6CCN(C(C)C)CC6)C[C@](C)(C3)C[C@](C)(C4)C5)c2C)c(C(=O)O)n1. The molecule has 2 unspecified atom stereocenters. The van der Waals surface area contributed by atoms with Gasteiger partial charge in [-0.15, -0.1) is 10.2 Å². The molecule has 4 aliphatic carbocycles. The second kappa shape index (κ2) is 15.1. The highest BCUT2D eigenvalue weighted by Crippen LogP contribution is 2.72. The Morgan fingerprint density at radius 2 is 1.69 bits per heavy atom. The molecule has 0 radical (unpaired) electrons. The van der Waals surface area contributed by atoms with Crippen molar-refractivity contribution in [3.63, 3.8) is 0 Å². The first kappa shape index (κ1) is 40.6. The molecule has 4 bridgehead atoms. The van der Waals surface area contributed by atoms with Crippen molar-refractivity contribution in [1.29, 1.82) is 0 Å². The van der Waals surface area contributed by atoms with Crippen LogP contribution in [-0.2, 0) is 17.7 Å². The van der Waals surface area contributed by atoms with Gasteiger partial charge in [-0.1, -0.05) is 37.3 Å². The number of pyridine rings is 1. The lowest BCUT2D eigenvalue weighted by Crippen LogP contribution is -2.64. The fourth-order valence-electron chi connectivity index (χ4n) is 13.2. The van der Waals surface area contributed by atoms with Crippen LogP contribution in [0.1, 0.15) is 99.9 Å². The molecule has 13 nitrogen and oxygen atoms in total. The van der Waals surface area contributed by atoms with Gasteiger partial charge in [0.1, 0.15) is 5.82 Å². The van der Waals surface area contributed by atoms with Gasteiger partial charge in [0, 0.05) is 79.8 Å². The molecule has 11 rings (SSSR count). The van der Waals surface area contributed by atoms with Crippen molar-refractivity contribution in [2.45, 2.75) is 111 Å². The van der Waals surface area contributed by atoms with Crippen molar-refractivity contribution >= 4 is 50.1 Å². The number of nitrogens with zero attached hydrogens (tertiary/aromatic N) is 9. The van der Waals surface area contributed by atoms with E-state index in [2.05, 4.69) is 77.6 Å². The molecule has 0 amide bonds. The minimum Gasteiger partial charge on any atom is -0.476 e. The van der Waals surface area contributed by atoms with Crippen molar-refractivity contribution < 1.29 is 14.6 Å². The van der Waals surface area contributed by atoms with Crippen molar-refractivity contribution in [2.75, 3.05) is 56.1 Å². The highest BCUT2D eigenvalue weighted by molar-refractivity contribution is 7.22. The van der Waals surface area contributed by atoms with Gasteiger partial charge in [-0.2, -0.15) is 5.10 Å². The lowest BCUT2D eigenvalue weighted by atomic mass is 9.39. The maximum absolute atomic E-state index is 13.0. The monoisotopic (exact) mass is 844 g/mol. The average Bonchev–Trinajstić information content (AvgIpc) is 3.79. The largest absolute Gasteiger partial charge is 0.476 e. The Morgan fingerprint density at radius 3 is 2.43 bits per heavy atom. The van der Waals surface area contributed by atoms with Crippen LogP contribution in [0.5, 0.6) is 0 Å². The van der Waals surface area contributed by atoms with Gasteiger partial charge in [0.15, 0.2) is 22.5 Å². The van der Waals surface area contributed by atoms with E-state index >= 15 is 0 Å². The number of nitrogens with one attached hydrogen (secondary N) is 1. The number of piperazine rings is 1. The predicted molar refractivity (Wildman–Crippen MR) is 240 cm³/mol. The molecule has 14 heteroatoms. The van der Waals surface area contributed by atoms with Crippen LogP contribution in [0.3, 0.4) is 0 Å². The number of ether oxygens (including phenoxy) is 1. The molecular weight excluding hydrogens is 785 g/mol. The van der Waals surface area contributed by atoms with E-state index in [1.165, 1.54) is 19.3 Å². The molecule has 61 heavy (non-hydrogen) atoms. The number of benzene rings is 1. The fourth-order valence-corrected chi connectivity index (χ4v) is 14.0. The number of hydrogen-bond donors (Lipinski definition) is 2. The number of fused-ring (bicyclic) bond motifs is 2. The Kier molecular flexibility index (Phi) is 10.0. The normalized spacial score (nSPS) is 27.6. The summed E-state index contributed by atoms with van der Waals surface area (Å²) in [5.41, 5.74) is 5.81. The third-order valence-corrected chi connectivity index (χ3v) is 15.7. The van der Waals surface area contributed by atoms with Crippen molar-refractivity contribution in [1.82, 2.24) is 39.7 Å². The summed E-state index contributed by atoms with van der Waals surface area (Å²) < 4.78 is 10.4. The minimum absolute atomic E-state index is 0.0128. The van der Waals surface area contributed by atoms with Gasteiger partial charge in [0.05, 0.1) is 28.6 Å². The maximum Gasteiger partial charge on any atom is 0.355 e. The van der Waals surface area contributed by atoms with E-state index in [1.807, 2.05) is 41.4 Å². The van der Waals surface area contributed by atoms with Crippen LogP contribution >= 0.6 is 11.3 Å². The fraction of sp³-hybridized carbons (Fsp3) is 0.574. The van der Waals surface area contributed by atoms with E-state index in [0.717, 1.165) is 116 Å². The van der Waals surface area contributed by atoms with Gasteiger partial charge in [0.2, 0.25) is 0 Å². The predicted octanol–water partition coefficient (Wildman–Crippen LogP) is 8.65. The van der Waals surface area contributed by atoms with Crippen LogP contribution in [0.25, 0.3) is 21.3 Å². The van der Waals surface area contributed by atoms with E-state index < -0.39 is 5.97 Å². The number of aromatic carboxylic acids is 1. The number of carboxylic acid groups (broad SMARTS) is 1. The second-order valence-electron chi connectivity index (χ2n) is 20.2. The van der Waals surface area contributed by atoms with Crippen LogP contribution in [0.15, 0.2) is 42.6 Å². The molecular formula is C47H60N10O3S. The second-order valence-corrected chi connectivity index (χ2v) is 21.2. The molecule has 6 heterocycles. The van der Waals surface area contributed by atoms with E-state index in [-0.39, 0.29) is 27.5 Å². The molecule has 4 saturated carbocycles. The van der Waals surface area contributed by atoms with Crippen LogP contribution < -0.4 is 10.2 Å². The number of carbonyl (C=O) groups is 1. The number of aromatic nitrogens is 6. The quantitative estimate of drug-likeness (QED) is 0.124. The number of para-hydroxylation sites is 1. The van der Waals surface area contributed by atoms with E-state index in [1.54, 1.807) is 11.3 Å². The van der Waals surface area contributed by atoms with Crippen LogP contribution in [0, 0.1) is 30.1 Å². The van der Waals surface area contributed by atoms with E-state index in [4.69, 9.17) is 19.8 Å². The van der Waals surface area contributed by atoms with Gasteiger partial charge < -0.3 is 20.1 Å². The van der Waals surface area contributed by atoms with Crippen LogP contribution in [0.2, 0.25) is 0 Å². The number of rotatable bonds is 12. The van der Waals surface area contributed by atoms with Gasteiger partial charge in [-0.05, 0) is 120 Å². The number of hydrogen-bond acceptors (Lipinski definition) is 12. The zero-order chi connectivity index (χ0) is 42.3. The summed E-state index contributed by atoms with van der Waals surface area (Å²) in [7, 11) is 0. The Morgan fingerprint density at radius 1 is 0.918 bits per heavy atom. The Hall–Kier alpha value is -4.50. The first-order chi connectivity index (χ1) is 29.2. The molecule has 1 saturated heterocycles. The zero-order valence-electron chi connectivity index (χ0n) is 36.6. The summed E-state index contributed by atoms with van der Waals surface area (Å²) in [6.07, 6.45) is 10.5. The van der Waals surface area contributed by atoms with E-state index in [0.29, 0.717) is 35.6 Å². The summed E-state index contributed by atoms with van der Waals surface area (Å²) in [5, 5.41) is 29.1. The summed E-state index contributed by atoms with van der Waals surface area (Å²) in [6, 6.07) is 12.5. The highest BCUT2D eigenvalue weighted by atomic mass is 32.1. The topological polar surface area (TPSA) is 138 Å². The third-order valence-electron chi connectivity index (χ3n) is 14.7. The molecule has 6 aliphatic rings. The highest BCUT2D eigenvalue weighted by Gasteiger charge is 2.66. The smallest absolute Gasteiger partial charge is 0.355 e. The molecule has 5 fully saturated rings. The summed E-state index contributed by atoms with van der Waals surface area (Å²) in [4.78, 5) is 29.7. The Labute approximate surface area is 362 Å². The molecule has 2 aliphatic heterocycles. The van der Waals surface area contributed by atoms with E-state index in [9.17, 15) is 9.90 Å². The molecule has 1 aromatic carbocycles. The van der Waals surface area contributed by atoms with Gasteiger partial charge in [-0.3, -0.25) is 14.5 Å². The molecule has 322 valence electrons. The van der Waals surface area contributed by atoms with Gasteiger partial charge in [-0.25, -0.2) is 14.8 Å². The Bertz CT molecular complexity index is 2440. The number of anilines is 4. The van der Waals surface area contributed by atoms with Crippen molar-refractivity contribution in [2.24, 2.45) is 16.2 Å². The lowest BCUT2D eigenvalue weighted by molar-refractivity contribution is -0.249. The maximum atomic E-state index is 13.0. The summed E-state index contributed by atoms with van der Waals surface area (Å²) in [6.45, 7) is 21.5. The van der Waals surface area contributed by atoms with Crippen molar-refractivity contribution in [3.05, 3.63) is 65.1 Å². The lowest BCUT2D eigenvalue weighted by Gasteiger charge is -2.69. The Balaban J connectivity index is 0.874. The number of thiazole rings is 1. The number of carboxylic acids is 1. The molecule has 4 atom stereocenters. The van der Waals surface area contributed by atoms with Gasteiger partial charge >= 0.3 is 5.97 Å². The molecule has 4 aromatic heterocycles. The van der Waals surface area contributed by atoms with Gasteiger partial charge in [0.25, 0.3) is 0 Å². The van der Waals surface area contributed by atoms with Crippen LogP contribution in [0.4, 0.5) is 22.6 Å². The average molecular weight is 845 g/mol. The molecule has 5 aromatic rings. The standard InChI is InChI=1S/C47H60N10O3S/c1-30(2)55-18-16-54(17-19-55)20-21-60-47-26-44(5)23-45(6,27-47)25-46(24-44,28-47)29-57-32(4)35(22-48-57)34-13-14-38(50-39(34)42(58)59)56-15-9-10-33-31(3)40(52-53-41(33)56)51-43-49-36-11-7-8-12-37(36)61-43/h7-8,11-14,22,30H,9-10,15-21,23-29H2,1-6H3,(H,58,59)(H,49,51,52)/t44-,45+,46?,47?. The summed E-state index contributed by atoms with van der Waals surface area (Å²) >= 11 is 1.58. The molecule has 0 spiro atoms. The summed E-state index contributed by atoms with van der Waals surface area (Å²) in [5.74, 6) is 0.864. The minimum atomic E-state index is -1.07. The first-order valence-electron chi connectivity index (χ1n) is 22.4. The third kappa shape index (κ3) is 7.50. The first-order valence-corrected chi connectivity index (χ1v) is 23.2. The van der Waals surface area contributed by atoms with Crippen LogP contribution in [-0.4, -0.2) is 108 Å². The van der Waals surface area contributed by atoms with Crippen molar-refractivity contribution in [3.8, 4) is 11.1 Å².